The first-order valence-electron chi connectivity index (χ1n) is 7.32. The van der Waals surface area contributed by atoms with Crippen molar-refractivity contribution in [3.05, 3.63) is 52.0 Å². The SMILES string of the molecule is Cc1cnc(N2CCN(Cc3ccc(Br)c(F)c3)CC2)nc1. The van der Waals surface area contributed by atoms with E-state index in [4.69, 9.17) is 0 Å². The topological polar surface area (TPSA) is 32.3 Å². The highest BCUT2D eigenvalue weighted by Crippen LogP contribution is 2.18. The molecular weight excluding hydrogens is 347 g/mol. The van der Waals surface area contributed by atoms with E-state index < -0.39 is 0 Å². The monoisotopic (exact) mass is 364 g/mol. The molecule has 0 aliphatic carbocycles. The quantitative estimate of drug-likeness (QED) is 0.837. The van der Waals surface area contributed by atoms with Gasteiger partial charge in [-0.2, -0.15) is 0 Å². The van der Waals surface area contributed by atoms with Crippen LogP contribution in [0.4, 0.5) is 10.3 Å². The minimum absolute atomic E-state index is 0.204. The highest BCUT2D eigenvalue weighted by molar-refractivity contribution is 9.10. The number of anilines is 1. The van der Waals surface area contributed by atoms with E-state index >= 15 is 0 Å². The molecule has 0 amide bonds. The number of piperazine rings is 1. The molecule has 1 aromatic carbocycles. The summed E-state index contributed by atoms with van der Waals surface area (Å²) in [5.74, 6) is 0.587. The second-order valence-electron chi connectivity index (χ2n) is 5.57. The van der Waals surface area contributed by atoms with Crippen LogP contribution in [0.1, 0.15) is 11.1 Å². The van der Waals surface area contributed by atoms with Gasteiger partial charge in [-0.05, 0) is 46.1 Å². The summed E-state index contributed by atoms with van der Waals surface area (Å²) in [6.45, 7) is 6.39. The second-order valence-corrected chi connectivity index (χ2v) is 6.43. The van der Waals surface area contributed by atoms with Gasteiger partial charge >= 0.3 is 0 Å². The van der Waals surface area contributed by atoms with Gasteiger partial charge < -0.3 is 4.90 Å². The van der Waals surface area contributed by atoms with E-state index in [1.54, 1.807) is 12.1 Å². The Hall–Kier alpha value is -1.53. The zero-order valence-corrected chi connectivity index (χ0v) is 14.1. The van der Waals surface area contributed by atoms with E-state index in [0.29, 0.717) is 4.47 Å². The Balaban J connectivity index is 1.57. The average Bonchev–Trinajstić information content (AvgIpc) is 2.53. The van der Waals surface area contributed by atoms with Gasteiger partial charge in [-0.1, -0.05) is 6.07 Å². The summed E-state index contributed by atoms with van der Waals surface area (Å²) in [6, 6.07) is 5.32. The highest BCUT2D eigenvalue weighted by atomic mass is 79.9. The van der Waals surface area contributed by atoms with Crippen molar-refractivity contribution in [2.75, 3.05) is 31.1 Å². The van der Waals surface area contributed by atoms with Gasteiger partial charge in [0.1, 0.15) is 5.82 Å². The number of aromatic nitrogens is 2. The molecule has 0 spiro atoms. The molecule has 0 atom stereocenters. The minimum atomic E-state index is -0.204. The maximum Gasteiger partial charge on any atom is 0.225 e. The lowest BCUT2D eigenvalue weighted by atomic mass is 10.2. The standard InChI is InChI=1S/C16H18BrFN4/c1-12-9-19-16(20-10-12)22-6-4-21(5-7-22)11-13-2-3-14(17)15(18)8-13/h2-3,8-10H,4-7,11H2,1H3. The summed E-state index contributed by atoms with van der Waals surface area (Å²) < 4.78 is 14.1. The number of aryl methyl sites for hydroxylation is 1. The van der Waals surface area contributed by atoms with E-state index in [-0.39, 0.29) is 5.82 Å². The van der Waals surface area contributed by atoms with Gasteiger partial charge in [0.15, 0.2) is 0 Å². The van der Waals surface area contributed by atoms with Crippen molar-refractivity contribution >= 4 is 21.9 Å². The Bertz CT molecular complexity index is 639. The van der Waals surface area contributed by atoms with Crippen LogP contribution in [0.2, 0.25) is 0 Å². The summed E-state index contributed by atoms with van der Waals surface area (Å²) >= 11 is 3.18. The molecule has 1 aromatic heterocycles. The van der Waals surface area contributed by atoms with Gasteiger partial charge in [-0.3, -0.25) is 4.90 Å². The minimum Gasteiger partial charge on any atom is -0.338 e. The summed E-state index contributed by atoms with van der Waals surface area (Å²) in [7, 11) is 0. The molecule has 1 saturated heterocycles. The molecule has 2 aromatic rings. The predicted molar refractivity (Wildman–Crippen MR) is 88.4 cm³/mol. The summed E-state index contributed by atoms with van der Waals surface area (Å²) in [5.41, 5.74) is 2.07. The van der Waals surface area contributed by atoms with Gasteiger partial charge in [0, 0.05) is 45.1 Å². The first kappa shape index (κ1) is 15.4. The molecule has 1 fully saturated rings. The Morgan fingerprint density at radius 1 is 1.14 bits per heavy atom. The Kier molecular flexibility index (Phi) is 4.69. The lowest BCUT2D eigenvalue weighted by molar-refractivity contribution is 0.248. The molecule has 3 rings (SSSR count). The molecule has 1 aliphatic rings. The number of nitrogens with zero attached hydrogens (tertiary/aromatic N) is 4. The third-order valence-corrected chi connectivity index (χ3v) is 4.46. The molecule has 22 heavy (non-hydrogen) atoms. The number of hydrogen-bond donors (Lipinski definition) is 0. The summed E-state index contributed by atoms with van der Waals surface area (Å²) in [4.78, 5) is 13.3. The van der Waals surface area contributed by atoms with Gasteiger partial charge in [-0.25, -0.2) is 14.4 Å². The number of halogens is 2. The first-order valence-corrected chi connectivity index (χ1v) is 8.11. The van der Waals surface area contributed by atoms with Crippen molar-refractivity contribution in [2.24, 2.45) is 0 Å². The van der Waals surface area contributed by atoms with Gasteiger partial charge in [0.25, 0.3) is 0 Å². The van der Waals surface area contributed by atoms with E-state index in [0.717, 1.165) is 49.8 Å². The van der Waals surface area contributed by atoms with Crippen LogP contribution in [0.5, 0.6) is 0 Å². The van der Waals surface area contributed by atoms with Crippen molar-refractivity contribution in [1.29, 1.82) is 0 Å². The predicted octanol–water partition coefficient (Wildman–Crippen LogP) is 3.01. The fraction of sp³-hybridized carbons (Fsp3) is 0.375. The lowest BCUT2D eigenvalue weighted by Crippen LogP contribution is -2.46. The number of benzene rings is 1. The molecule has 116 valence electrons. The van der Waals surface area contributed by atoms with Crippen LogP contribution >= 0.6 is 15.9 Å². The van der Waals surface area contributed by atoms with Crippen LogP contribution < -0.4 is 4.90 Å². The second kappa shape index (κ2) is 6.71. The average molecular weight is 365 g/mol. The van der Waals surface area contributed by atoms with Crippen molar-refractivity contribution in [1.82, 2.24) is 14.9 Å². The Labute approximate surface area is 138 Å². The number of hydrogen-bond acceptors (Lipinski definition) is 4. The fourth-order valence-corrected chi connectivity index (χ4v) is 2.80. The molecule has 6 heteroatoms. The van der Waals surface area contributed by atoms with E-state index in [2.05, 4.69) is 35.7 Å². The zero-order valence-electron chi connectivity index (χ0n) is 12.5. The summed E-state index contributed by atoms with van der Waals surface area (Å²) in [5, 5.41) is 0. The van der Waals surface area contributed by atoms with Crippen molar-refractivity contribution < 1.29 is 4.39 Å². The normalized spacial score (nSPS) is 16.0. The van der Waals surface area contributed by atoms with Crippen LogP contribution in [-0.4, -0.2) is 41.0 Å². The molecule has 0 bridgehead atoms. The molecular formula is C16H18BrFN4. The van der Waals surface area contributed by atoms with E-state index in [1.165, 1.54) is 0 Å². The van der Waals surface area contributed by atoms with E-state index in [1.807, 2.05) is 25.4 Å². The molecule has 0 saturated carbocycles. The lowest BCUT2D eigenvalue weighted by Gasteiger charge is -2.34. The third kappa shape index (κ3) is 3.62. The smallest absolute Gasteiger partial charge is 0.225 e. The fourth-order valence-electron chi connectivity index (χ4n) is 2.55. The van der Waals surface area contributed by atoms with Crippen LogP contribution in [0.15, 0.2) is 35.1 Å². The van der Waals surface area contributed by atoms with Gasteiger partial charge in [-0.15, -0.1) is 0 Å². The van der Waals surface area contributed by atoms with Gasteiger partial charge in [0.2, 0.25) is 5.95 Å². The molecule has 2 heterocycles. The van der Waals surface area contributed by atoms with Crippen LogP contribution in [-0.2, 0) is 6.54 Å². The molecule has 0 N–H and O–H groups in total. The molecule has 0 radical (unpaired) electrons. The van der Waals surface area contributed by atoms with Crippen molar-refractivity contribution in [3.63, 3.8) is 0 Å². The molecule has 1 aliphatic heterocycles. The maximum atomic E-state index is 13.6. The Morgan fingerprint density at radius 3 is 2.45 bits per heavy atom. The van der Waals surface area contributed by atoms with Crippen molar-refractivity contribution in [3.8, 4) is 0 Å². The third-order valence-electron chi connectivity index (χ3n) is 3.81. The molecule has 4 nitrogen and oxygen atoms in total. The first-order chi connectivity index (χ1) is 10.6. The molecule has 0 unspecified atom stereocenters. The Morgan fingerprint density at radius 2 is 1.82 bits per heavy atom. The largest absolute Gasteiger partial charge is 0.338 e. The van der Waals surface area contributed by atoms with Crippen LogP contribution in [0.3, 0.4) is 0 Å². The van der Waals surface area contributed by atoms with Crippen molar-refractivity contribution in [2.45, 2.75) is 13.5 Å². The number of rotatable bonds is 3. The maximum absolute atomic E-state index is 13.6. The van der Waals surface area contributed by atoms with Crippen LogP contribution in [0, 0.1) is 12.7 Å². The van der Waals surface area contributed by atoms with Gasteiger partial charge in [0.05, 0.1) is 4.47 Å². The summed E-state index contributed by atoms with van der Waals surface area (Å²) in [6.07, 6.45) is 3.69. The highest BCUT2D eigenvalue weighted by Gasteiger charge is 2.19. The van der Waals surface area contributed by atoms with Crippen LogP contribution in [0.25, 0.3) is 0 Å². The zero-order chi connectivity index (χ0) is 15.5. The van der Waals surface area contributed by atoms with E-state index in [9.17, 15) is 4.39 Å².